The molecule has 90 heavy (non-hydrogen) atoms. The maximum absolute atomic E-state index is 2.69. The SMILES string of the molecule is CCC1CN(CC)C[N+]12CCCC2.CCC1C[N+]2(CCCC2)CN1CC.CCCC1CN(C)C[N+]12CCCC2.CCCC1CN(CC)C[N+]12CCCC2.CCCC1C[N+]2(CCCC2)CN1C.CCN1CC(C)[N+]2(CCCC2)C1.CCN1C[N+]2(CCCC2)CC1C. The van der Waals surface area contributed by atoms with Crippen molar-refractivity contribution in [3.05, 3.63) is 0 Å². The van der Waals surface area contributed by atoms with Gasteiger partial charge in [-0.15, -0.1) is 0 Å². The predicted octanol–water partition coefficient (Wildman–Crippen LogP) is 11.3. The zero-order chi connectivity index (χ0) is 64.5. The molecular weight excluding hydrogens is 1110 g/mol. The summed E-state index contributed by atoms with van der Waals surface area (Å²) in [6.45, 7) is 73.5. The predicted molar refractivity (Wildman–Crippen MR) is 383 cm³/mol. The Hall–Kier alpha value is -0.560. The highest BCUT2D eigenvalue weighted by Crippen LogP contribution is 2.36. The van der Waals surface area contributed by atoms with Crippen molar-refractivity contribution in [2.24, 2.45) is 0 Å². The van der Waals surface area contributed by atoms with Crippen LogP contribution >= 0.6 is 0 Å². The Kier molecular flexibility index (Phi) is 29.5. The van der Waals surface area contributed by atoms with Gasteiger partial charge in [0, 0.05) is 135 Å². The zero-order valence-corrected chi connectivity index (χ0v) is 63.2. The minimum Gasteiger partial charge on any atom is -0.310 e. The van der Waals surface area contributed by atoms with Crippen LogP contribution in [0.15, 0.2) is 0 Å². The first kappa shape index (κ1) is 75.2. The maximum atomic E-state index is 2.69. The van der Waals surface area contributed by atoms with Crippen LogP contribution in [-0.4, -0.2) is 339 Å². The molecule has 14 nitrogen and oxygen atoms in total. The van der Waals surface area contributed by atoms with Crippen molar-refractivity contribution in [1.29, 1.82) is 0 Å². The molecule has 0 N–H and O–H groups in total. The van der Waals surface area contributed by atoms with Crippen molar-refractivity contribution in [2.45, 2.75) is 267 Å². The normalized spacial score (nSPS) is 33.5. The monoisotopic (exact) mass is 1270 g/mol. The third kappa shape index (κ3) is 18.6. The van der Waals surface area contributed by atoms with Gasteiger partial charge in [0.15, 0.2) is 0 Å². The lowest BCUT2D eigenvalue weighted by Crippen LogP contribution is -2.50. The van der Waals surface area contributed by atoms with E-state index in [4.69, 9.17) is 0 Å². The molecule has 0 amide bonds. The van der Waals surface area contributed by atoms with Crippen molar-refractivity contribution in [1.82, 2.24) is 34.3 Å². The van der Waals surface area contributed by atoms with Crippen molar-refractivity contribution in [3.63, 3.8) is 0 Å². The summed E-state index contributed by atoms with van der Waals surface area (Å²) in [5.74, 6) is 0. The number of hydrogen-bond acceptors (Lipinski definition) is 7. The van der Waals surface area contributed by atoms with E-state index in [0.717, 1.165) is 42.3 Å². The highest BCUT2D eigenvalue weighted by Gasteiger charge is 2.50. The van der Waals surface area contributed by atoms with E-state index in [-0.39, 0.29) is 0 Å². The third-order valence-corrected chi connectivity index (χ3v) is 27.6. The van der Waals surface area contributed by atoms with E-state index in [1.807, 2.05) is 0 Å². The number of nitrogens with zero attached hydrogens (tertiary/aromatic N) is 14. The van der Waals surface area contributed by atoms with Crippen LogP contribution in [0.3, 0.4) is 0 Å². The van der Waals surface area contributed by atoms with E-state index >= 15 is 0 Å². The Morgan fingerprint density at radius 3 is 1.09 bits per heavy atom. The molecular formula is C76H159N14+7. The summed E-state index contributed by atoms with van der Waals surface area (Å²) in [5, 5.41) is 0. The molecule has 0 saturated carbocycles. The van der Waals surface area contributed by atoms with E-state index < -0.39 is 0 Å². The van der Waals surface area contributed by atoms with Crippen LogP contribution in [0, 0.1) is 0 Å². The van der Waals surface area contributed by atoms with Crippen LogP contribution in [0.4, 0.5) is 0 Å². The summed E-state index contributed by atoms with van der Waals surface area (Å²) in [5.41, 5.74) is 0. The first-order valence-electron chi connectivity index (χ1n) is 40.5. The molecule has 7 spiro atoms. The van der Waals surface area contributed by atoms with Gasteiger partial charge in [0.1, 0.15) is 70.8 Å². The fraction of sp³-hybridized carbons (Fsp3) is 1.00. The Labute approximate surface area is 560 Å². The van der Waals surface area contributed by atoms with Crippen molar-refractivity contribution < 1.29 is 31.4 Å². The largest absolute Gasteiger partial charge is 0.310 e. The smallest absolute Gasteiger partial charge is 0.135 e. The summed E-state index contributed by atoms with van der Waals surface area (Å²) in [6.07, 6.45) is 31.6. The molecule has 14 rings (SSSR count). The summed E-state index contributed by atoms with van der Waals surface area (Å²) in [6, 6.07) is 6.34. The van der Waals surface area contributed by atoms with Gasteiger partial charge in [-0.05, 0) is 47.2 Å². The summed E-state index contributed by atoms with van der Waals surface area (Å²) in [4.78, 5) is 18.3. The molecule has 0 bridgehead atoms. The van der Waals surface area contributed by atoms with E-state index in [1.54, 1.807) is 0 Å². The molecule has 0 radical (unpaired) electrons. The van der Waals surface area contributed by atoms with E-state index in [2.05, 4.69) is 131 Å². The van der Waals surface area contributed by atoms with Crippen molar-refractivity contribution in [2.75, 3.05) is 231 Å². The average molecular weight is 1270 g/mol. The molecule has 14 fully saturated rings. The molecule has 0 aromatic heterocycles. The molecule has 14 aliphatic heterocycles. The molecule has 14 aliphatic rings. The fourth-order valence-corrected chi connectivity index (χ4v) is 22.4. The van der Waals surface area contributed by atoms with Crippen LogP contribution in [0.2, 0.25) is 0 Å². The number of hydrogen-bond donors (Lipinski definition) is 0. The molecule has 7 unspecified atom stereocenters. The fourth-order valence-electron chi connectivity index (χ4n) is 22.4. The lowest BCUT2D eigenvalue weighted by Gasteiger charge is -2.35. The molecule has 0 aliphatic carbocycles. The van der Waals surface area contributed by atoms with Gasteiger partial charge in [-0.25, -0.2) is 9.80 Å². The second kappa shape index (κ2) is 35.3. The Balaban J connectivity index is 0.000000136. The zero-order valence-electron chi connectivity index (χ0n) is 63.2. The van der Waals surface area contributed by atoms with E-state index in [9.17, 15) is 0 Å². The van der Waals surface area contributed by atoms with Crippen LogP contribution in [0.1, 0.15) is 224 Å². The van der Waals surface area contributed by atoms with Gasteiger partial charge in [0.2, 0.25) is 0 Å². The Morgan fingerprint density at radius 2 is 0.678 bits per heavy atom. The third-order valence-electron chi connectivity index (χ3n) is 27.6. The minimum absolute atomic E-state index is 0.827. The van der Waals surface area contributed by atoms with Gasteiger partial charge in [-0.3, -0.25) is 24.5 Å². The van der Waals surface area contributed by atoms with E-state index in [0.29, 0.717) is 0 Å². The first-order valence-corrected chi connectivity index (χ1v) is 40.5. The molecule has 0 aromatic rings. The number of likely N-dealkylation sites (N-methyl/N-ethyl adjacent to an activating group) is 7. The van der Waals surface area contributed by atoms with Crippen LogP contribution in [0.25, 0.3) is 0 Å². The topological polar surface area (TPSA) is 22.7 Å². The summed E-state index contributed by atoms with van der Waals surface area (Å²) in [7, 11) is 4.60. The maximum Gasteiger partial charge on any atom is 0.135 e. The second-order valence-corrected chi connectivity index (χ2v) is 33.8. The molecule has 0 aromatic carbocycles. The Morgan fingerprint density at radius 1 is 0.311 bits per heavy atom. The summed E-state index contributed by atoms with van der Waals surface area (Å²) >= 11 is 0. The number of quaternary nitrogens is 7. The second-order valence-electron chi connectivity index (χ2n) is 33.8. The van der Waals surface area contributed by atoms with E-state index in [1.165, 1.54) is 389 Å². The van der Waals surface area contributed by atoms with Crippen molar-refractivity contribution >= 4 is 0 Å². The average Bonchev–Trinajstić information content (AvgIpc) is 1.85. The highest BCUT2D eigenvalue weighted by atomic mass is 15.6. The first-order chi connectivity index (χ1) is 43.5. The van der Waals surface area contributed by atoms with Gasteiger partial charge < -0.3 is 31.4 Å². The van der Waals surface area contributed by atoms with Crippen molar-refractivity contribution in [3.8, 4) is 0 Å². The summed E-state index contributed by atoms with van der Waals surface area (Å²) < 4.78 is 9.98. The van der Waals surface area contributed by atoms with Gasteiger partial charge in [-0.2, -0.15) is 0 Å². The van der Waals surface area contributed by atoms with Crippen LogP contribution in [-0.2, 0) is 0 Å². The highest BCUT2D eigenvalue weighted by molar-refractivity contribution is 4.80. The lowest BCUT2D eigenvalue weighted by atomic mass is 10.1. The van der Waals surface area contributed by atoms with Crippen LogP contribution < -0.4 is 0 Å². The molecule has 14 saturated heterocycles. The van der Waals surface area contributed by atoms with Gasteiger partial charge in [0.25, 0.3) is 0 Å². The minimum atomic E-state index is 0.827. The quantitative estimate of drug-likeness (QED) is 0.169. The van der Waals surface area contributed by atoms with Gasteiger partial charge in [0.05, 0.1) is 156 Å². The van der Waals surface area contributed by atoms with Gasteiger partial charge >= 0.3 is 0 Å². The molecule has 14 heterocycles. The molecule has 14 heteroatoms. The molecule has 526 valence electrons. The van der Waals surface area contributed by atoms with Gasteiger partial charge in [-0.1, -0.05) is 88.5 Å². The Bertz CT molecular complexity index is 1960. The molecule has 7 atom stereocenters. The number of rotatable bonds is 13. The lowest BCUT2D eigenvalue weighted by molar-refractivity contribution is -0.931. The standard InChI is InChI=1S/C12H25N2.4C11H23N2.2C10H21N2/c1-3-7-12-10-13(4-2)11-14(12)8-5-6-9-14;1-3-6-11-9-13(10-12(11)2)7-4-5-8-13;1-3-6-11-9-12(2)10-13(11)7-4-5-8-13;1-3-11-9-13(7-5-6-8-13)10-12(11)4-2;1-3-11-9-12(4-2)10-13(11)7-5-6-8-13;1-3-11-9-12(8-10(11)2)6-4-5-7-12;1-3-11-8-10(2)12(9-11)6-4-5-7-12/h12H,3-11H2,1-2H3;4*11H,3-10H2,1-2H3;2*10H,3-9H2,1-2H3/q7*+1. The van der Waals surface area contributed by atoms with Crippen LogP contribution in [0.5, 0.6) is 0 Å².